The van der Waals surface area contributed by atoms with Crippen LogP contribution in [0.2, 0.25) is 15.1 Å². The van der Waals surface area contributed by atoms with Crippen molar-refractivity contribution in [3.05, 3.63) is 122 Å². The number of ether oxygens (including phenoxy) is 3. The molecule has 0 radical (unpaired) electrons. The highest BCUT2D eigenvalue weighted by molar-refractivity contribution is 6.36. The number of hydrogen-bond donors (Lipinski definition) is 3. The van der Waals surface area contributed by atoms with E-state index in [4.69, 9.17) is 65.6 Å². The lowest BCUT2D eigenvalue weighted by Gasteiger charge is -2.11. The minimum absolute atomic E-state index is 0.137. The second-order valence-electron chi connectivity index (χ2n) is 10.1. The van der Waals surface area contributed by atoms with E-state index in [1.807, 2.05) is 42.6 Å². The van der Waals surface area contributed by atoms with Crippen LogP contribution in [0, 0.1) is 0 Å². The molecule has 0 spiro atoms. The molecule has 0 bridgehead atoms. The van der Waals surface area contributed by atoms with E-state index >= 15 is 0 Å². The maximum atomic E-state index is 10.8. The van der Waals surface area contributed by atoms with E-state index in [-0.39, 0.29) is 18.8 Å². The van der Waals surface area contributed by atoms with Gasteiger partial charge in [0.1, 0.15) is 12.4 Å². The summed E-state index contributed by atoms with van der Waals surface area (Å²) in [6, 6.07) is 22.7. The Labute approximate surface area is 273 Å². The Morgan fingerprint density at radius 2 is 1.60 bits per heavy atom. The molecule has 0 aliphatic carbocycles. The first-order chi connectivity index (χ1) is 21.6. The van der Waals surface area contributed by atoms with Gasteiger partial charge in [-0.15, -0.1) is 0 Å². The number of rotatable bonds is 9. The maximum Gasteiger partial charge on any atom is 0.335 e. The van der Waals surface area contributed by atoms with Crippen molar-refractivity contribution in [2.45, 2.75) is 25.6 Å². The van der Waals surface area contributed by atoms with Crippen LogP contribution < -0.4 is 25.7 Å². The monoisotopic (exact) mass is 667 g/mol. The van der Waals surface area contributed by atoms with Gasteiger partial charge in [-0.25, -0.2) is 4.79 Å². The van der Waals surface area contributed by atoms with Gasteiger partial charge in [0, 0.05) is 50.3 Å². The zero-order valence-electron chi connectivity index (χ0n) is 23.7. The van der Waals surface area contributed by atoms with Gasteiger partial charge in [-0.2, -0.15) is 0 Å². The zero-order chi connectivity index (χ0) is 32.1. The first-order valence-corrected chi connectivity index (χ1v) is 14.8. The van der Waals surface area contributed by atoms with Crippen molar-refractivity contribution in [1.82, 2.24) is 4.57 Å². The number of benzene rings is 4. The van der Waals surface area contributed by atoms with Crippen LogP contribution in [-0.2, 0) is 24.4 Å². The molecule has 4 aromatic carbocycles. The lowest BCUT2D eigenvalue weighted by molar-refractivity contribution is -0.119. The number of carboxylic acids is 1. The second kappa shape index (κ2) is 14.1. The minimum atomic E-state index is -1.04. The molecule has 6 rings (SSSR count). The molecule has 0 saturated carbocycles. The fourth-order valence-electron chi connectivity index (χ4n) is 4.74. The van der Waals surface area contributed by atoms with Crippen LogP contribution >= 0.6 is 34.8 Å². The maximum absolute atomic E-state index is 10.8. The topological polar surface area (TPSA) is 139 Å². The number of aromatic carboxylic acids is 1. The van der Waals surface area contributed by atoms with Crippen molar-refractivity contribution < 1.29 is 28.9 Å². The summed E-state index contributed by atoms with van der Waals surface area (Å²) in [6.45, 7) is 1.15. The third-order valence-corrected chi connectivity index (χ3v) is 8.18. The van der Waals surface area contributed by atoms with Gasteiger partial charge in [-0.3, -0.25) is 4.79 Å². The summed E-state index contributed by atoms with van der Waals surface area (Å²) >= 11 is 18.9. The largest absolute Gasteiger partial charge is 0.489 e. The molecule has 1 amide bonds. The molecule has 232 valence electrons. The van der Waals surface area contributed by atoms with Crippen molar-refractivity contribution in [1.29, 1.82) is 0 Å². The van der Waals surface area contributed by atoms with E-state index in [1.54, 1.807) is 36.4 Å². The van der Waals surface area contributed by atoms with E-state index in [0.717, 1.165) is 33.5 Å². The predicted molar refractivity (Wildman–Crippen MR) is 174 cm³/mol. The lowest BCUT2D eigenvalue weighted by Crippen LogP contribution is -2.38. The highest BCUT2D eigenvalue weighted by atomic mass is 35.5. The molecule has 9 nitrogen and oxygen atoms in total. The molecule has 1 aliphatic rings. The molecule has 1 atom stereocenters. The number of hydrogen-bond acceptors (Lipinski definition) is 6. The van der Waals surface area contributed by atoms with E-state index in [1.165, 1.54) is 6.07 Å². The van der Waals surface area contributed by atoms with Gasteiger partial charge in [0.15, 0.2) is 11.5 Å². The third-order valence-electron chi connectivity index (χ3n) is 7.12. The molecule has 0 fully saturated rings. The summed E-state index contributed by atoms with van der Waals surface area (Å²) < 4.78 is 18.9. The molecule has 2 heterocycles. The SMILES string of the molecule is Clc1cc2c(cc1Cn1ccc3cc(OCc4c(Cl)cccc4Cl)ccc31)OCO2.NC(=O)[C@@H](N)Cc1ccccc1C(=O)O. The Morgan fingerprint density at radius 1 is 0.889 bits per heavy atom. The summed E-state index contributed by atoms with van der Waals surface area (Å²) in [5.74, 6) is 0.469. The number of carboxylic acid groups (broad SMARTS) is 1. The number of amides is 1. The Morgan fingerprint density at radius 3 is 2.31 bits per heavy atom. The number of aromatic nitrogens is 1. The quantitative estimate of drug-likeness (QED) is 0.159. The summed E-state index contributed by atoms with van der Waals surface area (Å²) in [4.78, 5) is 21.6. The van der Waals surface area contributed by atoms with E-state index in [9.17, 15) is 9.59 Å². The Kier molecular flexibility index (Phi) is 10.0. The number of nitrogens with zero attached hydrogens (tertiary/aromatic N) is 1. The highest BCUT2D eigenvalue weighted by Gasteiger charge is 2.18. The Bertz CT molecular complexity index is 1860. The van der Waals surface area contributed by atoms with Crippen molar-refractivity contribution >= 4 is 57.6 Å². The number of fused-ring (bicyclic) bond motifs is 2. The predicted octanol–water partition coefficient (Wildman–Crippen LogP) is 6.70. The van der Waals surface area contributed by atoms with Gasteiger partial charge >= 0.3 is 5.97 Å². The number of nitrogens with two attached hydrogens (primary N) is 2. The Balaban J connectivity index is 0.000000226. The van der Waals surface area contributed by atoms with Gasteiger partial charge in [-0.05, 0) is 66.1 Å². The fraction of sp³-hybridized carbons (Fsp3) is 0.152. The molecule has 1 aromatic heterocycles. The fourth-order valence-corrected chi connectivity index (χ4v) is 5.46. The average molecular weight is 669 g/mol. The molecule has 5 N–H and O–H groups in total. The molecule has 1 aliphatic heterocycles. The van der Waals surface area contributed by atoms with Crippen molar-refractivity contribution in [2.75, 3.05) is 6.79 Å². The van der Waals surface area contributed by atoms with Crippen molar-refractivity contribution in [3.8, 4) is 17.2 Å². The standard InChI is InChI=1S/C23H16Cl3NO3.C10H12N2O3/c24-18-2-1-3-19(25)17(18)12-28-16-4-5-21-14(8-16)6-7-27(21)11-15-9-22-23(10-20(15)26)30-13-29-22;11-8(9(12)13)5-6-3-1-2-4-7(6)10(14)15/h1-10H,11-13H2;1-4,8H,5,11H2,(H2,12,13)(H,14,15)/t;8-/m.0/s1. The van der Waals surface area contributed by atoms with Gasteiger partial charge < -0.3 is 35.4 Å². The normalized spacial score (nSPS) is 12.4. The van der Waals surface area contributed by atoms with Gasteiger partial charge in [0.25, 0.3) is 0 Å². The Hall–Kier alpha value is -4.41. The first-order valence-electron chi connectivity index (χ1n) is 13.7. The molecular weight excluding hydrogens is 641 g/mol. The van der Waals surface area contributed by atoms with Crippen LogP contribution in [0.4, 0.5) is 0 Å². The molecule has 0 unspecified atom stereocenters. The summed E-state index contributed by atoms with van der Waals surface area (Å²) in [7, 11) is 0. The molecule has 12 heteroatoms. The average Bonchev–Trinajstić information content (AvgIpc) is 3.63. The zero-order valence-corrected chi connectivity index (χ0v) is 26.0. The van der Waals surface area contributed by atoms with Crippen molar-refractivity contribution in [3.63, 3.8) is 0 Å². The second-order valence-corrected chi connectivity index (χ2v) is 11.3. The highest BCUT2D eigenvalue weighted by Crippen LogP contribution is 2.37. The first kappa shape index (κ1) is 32.0. The molecule has 5 aromatic rings. The van der Waals surface area contributed by atoms with E-state index < -0.39 is 17.9 Å². The van der Waals surface area contributed by atoms with Crippen LogP contribution in [0.25, 0.3) is 10.9 Å². The van der Waals surface area contributed by atoms with Gasteiger partial charge in [-0.1, -0.05) is 59.1 Å². The van der Waals surface area contributed by atoms with Crippen LogP contribution in [-0.4, -0.2) is 34.4 Å². The van der Waals surface area contributed by atoms with Crippen LogP contribution in [0.15, 0.2) is 85.1 Å². The van der Waals surface area contributed by atoms with Gasteiger partial charge in [0.05, 0.1) is 11.6 Å². The minimum Gasteiger partial charge on any atom is -0.489 e. The van der Waals surface area contributed by atoms with E-state index in [2.05, 4.69) is 4.57 Å². The van der Waals surface area contributed by atoms with Crippen LogP contribution in [0.5, 0.6) is 17.2 Å². The van der Waals surface area contributed by atoms with E-state index in [0.29, 0.717) is 39.5 Å². The summed E-state index contributed by atoms with van der Waals surface area (Å²) in [5.41, 5.74) is 13.9. The van der Waals surface area contributed by atoms with Crippen molar-refractivity contribution in [2.24, 2.45) is 11.5 Å². The third kappa shape index (κ3) is 7.64. The smallest absolute Gasteiger partial charge is 0.335 e. The van der Waals surface area contributed by atoms with Crippen LogP contribution in [0.3, 0.4) is 0 Å². The summed E-state index contributed by atoms with van der Waals surface area (Å²) in [6.07, 6.45) is 2.16. The number of halogens is 3. The molecular formula is C33H28Cl3N3O6. The number of primary amides is 1. The van der Waals surface area contributed by atoms with Crippen LogP contribution in [0.1, 0.15) is 27.0 Å². The number of carbonyl (C=O) groups is 2. The number of carbonyl (C=O) groups excluding carboxylic acids is 1. The molecule has 45 heavy (non-hydrogen) atoms. The van der Waals surface area contributed by atoms with Gasteiger partial charge in [0.2, 0.25) is 12.7 Å². The lowest BCUT2D eigenvalue weighted by atomic mass is 10.0. The molecule has 0 saturated heterocycles. The summed E-state index contributed by atoms with van der Waals surface area (Å²) in [5, 5.41) is 11.8.